The Morgan fingerprint density at radius 1 is 0.116 bits per heavy atom. The van der Waals surface area contributed by atoms with Crippen LogP contribution in [0.15, 0.2) is 328 Å². The molecule has 3 aliphatic carbocycles. The van der Waals surface area contributed by atoms with Crippen LogP contribution in [0.5, 0.6) is 0 Å². The van der Waals surface area contributed by atoms with Crippen molar-refractivity contribution in [3.8, 4) is 0 Å². The topological polar surface area (TPSA) is 77.3 Å². The molecule has 3 aliphatic heterocycles. The zero-order valence-corrected chi connectivity index (χ0v) is 77.9. The van der Waals surface area contributed by atoms with Crippen molar-refractivity contribution in [1.29, 1.82) is 0 Å². The predicted molar refractivity (Wildman–Crippen MR) is 499 cm³/mol. The van der Waals surface area contributed by atoms with Gasteiger partial charge in [0.1, 0.15) is 0 Å². The first-order valence-electron chi connectivity index (χ1n) is 43.8. The molecule has 0 unspecified atom stereocenters. The molecule has 12 aromatic carbocycles. The Hall–Kier alpha value is -12.5. The van der Waals surface area contributed by atoms with E-state index in [4.69, 9.17) is 29.9 Å². The van der Waals surface area contributed by atoms with Crippen molar-refractivity contribution in [3.05, 3.63) is 602 Å². The van der Waals surface area contributed by atoms with E-state index < -0.39 is 0 Å². The van der Waals surface area contributed by atoms with Crippen LogP contribution in [0.3, 0.4) is 0 Å². The van der Waals surface area contributed by atoms with Gasteiger partial charge in [-0.05, 0) is 163 Å². The van der Waals surface area contributed by atoms with Crippen LogP contribution < -0.4 is 0 Å². The molecule has 6 aliphatic rings. The first-order valence-corrected chi connectivity index (χ1v) is 43.8. The average Bonchev–Trinajstić information content (AvgIpc) is 0.858. The van der Waals surface area contributed by atoms with Gasteiger partial charge in [0, 0.05) is 115 Å². The minimum Gasteiger partial charge on any atom is -0.257 e. The number of fused-ring (bicyclic) bond motifs is 36. The van der Waals surface area contributed by atoms with Gasteiger partial charge >= 0.3 is 40.5 Å². The third-order valence-corrected chi connectivity index (χ3v) is 22.9. The van der Waals surface area contributed by atoms with Gasteiger partial charge in [-0.15, -0.1) is 0 Å². The molecule has 0 amide bonds. The van der Waals surface area contributed by atoms with E-state index in [1.54, 1.807) is 0 Å². The number of nitrogens with zero attached hydrogens (tertiary/aromatic N) is 6. The molecule has 0 saturated carbocycles. The Balaban J connectivity index is 0.000000113. The van der Waals surface area contributed by atoms with Crippen LogP contribution in [0.1, 0.15) is 202 Å². The van der Waals surface area contributed by atoms with Crippen molar-refractivity contribution in [3.63, 3.8) is 0 Å². The van der Waals surface area contributed by atoms with Gasteiger partial charge in [-0.25, -0.2) is 0 Å². The summed E-state index contributed by atoms with van der Waals surface area (Å²) in [5.74, 6) is 0. The molecule has 6 nitrogen and oxygen atoms in total. The fourth-order valence-electron chi connectivity index (χ4n) is 17.2. The Kier molecular flexibility index (Phi) is 30.7. The second-order valence-corrected chi connectivity index (χ2v) is 33.3. The quantitative estimate of drug-likeness (QED) is 0.111. The van der Waals surface area contributed by atoms with E-state index in [0.29, 0.717) is 0 Å². The summed E-state index contributed by atoms with van der Waals surface area (Å²) in [6, 6.07) is 157. The number of pyridine rings is 6. The van der Waals surface area contributed by atoms with Crippen molar-refractivity contribution in [1.82, 2.24) is 29.9 Å². The number of aromatic nitrogens is 6. The maximum atomic E-state index is 4.77. The Morgan fingerprint density at radius 3 is 0.295 bits per heavy atom. The third-order valence-electron chi connectivity index (χ3n) is 22.9. The van der Waals surface area contributed by atoms with E-state index in [9.17, 15) is 0 Å². The summed E-state index contributed by atoms with van der Waals surface area (Å²) in [7, 11) is 0. The molecule has 0 spiro atoms. The van der Waals surface area contributed by atoms with Crippen molar-refractivity contribution in [2.75, 3.05) is 0 Å². The first kappa shape index (κ1) is 89.9. The van der Waals surface area contributed by atoms with Gasteiger partial charge in [0.05, 0.1) is 0 Å². The third kappa shape index (κ3) is 26.0. The van der Waals surface area contributed by atoms with Crippen LogP contribution in [0.25, 0.3) is 0 Å². The second-order valence-electron chi connectivity index (χ2n) is 33.3. The molecule has 129 heavy (non-hydrogen) atoms. The molecule has 0 fully saturated rings. The minimum atomic E-state index is 0. The summed E-state index contributed by atoms with van der Waals surface area (Å²) in [6.07, 6.45) is 15.5. The van der Waals surface area contributed by atoms with Gasteiger partial charge in [0.2, 0.25) is 0 Å². The summed E-state index contributed by atoms with van der Waals surface area (Å²) in [5, 5.41) is 0. The van der Waals surface area contributed by atoms with Crippen LogP contribution in [0.4, 0.5) is 0 Å². The maximum Gasteiger partial charge on any atom is 4.00 e. The predicted octanol–water partition coefficient (Wildman–Crippen LogP) is 22.6. The van der Waals surface area contributed by atoms with E-state index in [2.05, 4.69) is 400 Å². The van der Waals surface area contributed by atoms with E-state index in [1.165, 1.54) is 134 Å². The number of hydrogen-bond acceptors (Lipinski definition) is 6. The van der Waals surface area contributed by atoms with Crippen LogP contribution in [-0.2, 0) is 177 Å². The van der Waals surface area contributed by atoms with Gasteiger partial charge in [-0.3, -0.25) is 29.9 Å². The maximum absolute atomic E-state index is 4.77. The molecular formula is C120H90N6Pt2Ru-6. The van der Waals surface area contributed by atoms with Crippen molar-refractivity contribution < 1.29 is 61.6 Å². The fraction of sp³-hybridized carbons (Fsp3) is 0.150. The zero-order chi connectivity index (χ0) is 84.4. The summed E-state index contributed by atoms with van der Waals surface area (Å²) in [5.41, 5.74) is 42.4. The number of benzene rings is 12. The molecule has 18 aromatic rings. The van der Waals surface area contributed by atoms with Crippen LogP contribution in [0.2, 0.25) is 0 Å². The summed E-state index contributed by atoms with van der Waals surface area (Å²) in [6.45, 7) is 0. The standard InChI is InChI=1S/3C21H15.C20H15N.C19H15N2.C18H15N3.2Pt.Ru/c3*1-4-16-10-17(5-1)14-19-7-3-9-21(12-19)15-20-8-2-6-18(11-20)13-16;1-4-15-10-16-5-2-7-18(12-16)14-20-9-3-8-19(21-20)13-17(6-1)11-15;1-4-14-10-15(5-1)12-17-7-3-9-19(21-17)13-18-8-2-6-16(11-14)20-18;1-4-13-10-15-6-2-8-17(20-15)12-18-9-3-7-16(21-18)11-14(5-1)19-13;;;/h3*1-9H,13-15H2;1-9H,10,13-14H2;1-9H,11-13H2;1-9H,10-12H2;;;/q3*-3;-2;-1;;;+4;+2. The molecule has 24 rings (SSSR count). The molecule has 634 valence electrons. The Bertz CT molecular complexity index is 4860. The molecule has 0 saturated heterocycles. The largest absolute Gasteiger partial charge is 4.00 e. The van der Waals surface area contributed by atoms with E-state index in [0.717, 1.165) is 184 Å². The summed E-state index contributed by atoms with van der Waals surface area (Å²) < 4.78 is 0. The van der Waals surface area contributed by atoms with Gasteiger partial charge in [-0.1, -0.05) is 36.4 Å². The van der Waals surface area contributed by atoms with E-state index in [-0.39, 0.29) is 61.6 Å². The molecular weight excluding hydrogens is 2020 g/mol. The van der Waals surface area contributed by atoms with Crippen molar-refractivity contribution in [2.45, 2.75) is 116 Å². The number of hydrogen-bond donors (Lipinski definition) is 0. The average molecular weight is 2110 g/mol. The van der Waals surface area contributed by atoms with Gasteiger partial charge in [0.15, 0.2) is 0 Å². The van der Waals surface area contributed by atoms with Gasteiger partial charge in [-0.2, -0.15) is 425 Å². The van der Waals surface area contributed by atoms with E-state index >= 15 is 0 Å². The summed E-state index contributed by atoms with van der Waals surface area (Å²) >= 11 is 0. The van der Waals surface area contributed by atoms with Crippen molar-refractivity contribution >= 4 is 0 Å². The molecule has 36 bridgehead atoms. The molecule has 9 heterocycles. The fourth-order valence-corrected chi connectivity index (χ4v) is 17.2. The molecule has 0 radical (unpaired) electrons. The Labute approximate surface area is 802 Å². The normalized spacial score (nSPS) is 12.8. The monoisotopic (exact) mass is 2110 g/mol. The molecule has 9 heteroatoms. The molecule has 6 aromatic heterocycles. The van der Waals surface area contributed by atoms with Crippen LogP contribution >= 0.6 is 0 Å². The molecule has 0 N–H and O–H groups in total. The van der Waals surface area contributed by atoms with Crippen LogP contribution in [-0.4, -0.2) is 29.9 Å². The first-order chi connectivity index (χ1) is 62.1. The van der Waals surface area contributed by atoms with Gasteiger partial charge in [0.25, 0.3) is 0 Å². The zero-order valence-electron chi connectivity index (χ0n) is 71.6. The van der Waals surface area contributed by atoms with Gasteiger partial charge < -0.3 is 0 Å². The molecule has 0 atom stereocenters. The van der Waals surface area contributed by atoms with Crippen LogP contribution in [0, 0.1) is 72.8 Å². The second kappa shape index (κ2) is 44.0. The van der Waals surface area contributed by atoms with Crippen molar-refractivity contribution in [2.24, 2.45) is 0 Å². The number of rotatable bonds is 0. The summed E-state index contributed by atoms with van der Waals surface area (Å²) in [4.78, 5) is 28.5. The minimum absolute atomic E-state index is 0. The SMILES string of the molecule is [Pt+4].[Pt].[Ru+2].[c-]1c2cccc1Cc1[c-]c(ccc1)Cc1[c-]c(ccc1)C2.[c-]1c2cccc1Cc1[c-]c(ccc1)Cc1[c-]c(ccc1)C2.[c-]1c2cccc1Cc1[c-]c(ccc1)Cc1[c-]c(ccc1)C2.[c-]1c2cccc1Cc1cccc(n1)Cc1[c-]c(ccc1)C2.[c-]1c2cccc1Cc1cccc(n1)Cc1cccc(n1)C2.c1cc2nc(c1)Cc1cccc(n1)Cc1cccc(n1)C2. The van der Waals surface area contributed by atoms with E-state index in [1.807, 2.05) is 0 Å². The smallest absolute Gasteiger partial charge is 0.257 e. The Morgan fingerprint density at radius 2 is 0.194 bits per heavy atom.